The maximum absolute atomic E-state index is 10.4. The Morgan fingerprint density at radius 1 is 0.221 bits per heavy atom. The number of nitrogens with zero attached hydrogens (tertiary/aromatic N) is 1. The third kappa shape index (κ3) is 20.8. The molecule has 13 aromatic rings. The second-order valence-electron chi connectivity index (χ2n) is 43.9. The van der Waals surface area contributed by atoms with Crippen LogP contribution in [-0.4, -0.2) is 0 Å². The number of fused-ring (bicyclic) bond motifs is 12. The summed E-state index contributed by atoms with van der Waals surface area (Å²) in [6, 6.07) is 106. The molecule has 0 saturated carbocycles. The molecule has 714 valence electrons. The summed E-state index contributed by atoms with van der Waals surface area (Å²) in [5.74, 6) is 4.75. The van der Waals surface area contributed by atoms with Crippen molar-refractivity contribution in [2.24, 2.45) is 47.3 Å². The fourth-order valence-electron chi connectivity index (χ4n) is 24.4. The predicted octanol–water partition coefficient (Wildman–Crippen LogP) is 39.8. The molecule has 0 N–H and O–H groups in total. The van der Waals surface area contributed by atoms with Gasteiger partial charge in [0.05, 0.1) is 11.6 Å². The molecule has 140 heavy (non-hydrogen) atoms. The van der Waals surface area contributed by atoms with Gasteiger partial charge in [-0.1, -0.05) is 485 Å². The molecule has 17 rings (SSSR count). The number of hydrogen-bond donors (Lipinski definition) is 0. The summed E-state index contributed by atoms with van der Waals surface area (Å²) in [6.45, 7) is 41.3. The van der Waals surface area contributed by atoms with Crippen molar-refractivity contribution in [2.75, 3.05) is 0 Å². The van der Waals surface area contributed by atoms with Crippen LogP contribution in [0.1, 0.15) is 356 Å². The van der Waals surface area contributed by atoms with Gasteiger partial charge in [0.25, 0.3) is 0 Å². The first-order chi connectivity index (χ1) is 68.0. The predicted molar refractivity (Wildman–Crippen MR) is 610 cm³/mol. The Morgan fingerprint density at radius 3 is 0.729 bits per heavy atom. The van der Waals surface area contributed by atoms with Gasteiger partial charge in [-0.05, 0) is 325 Å². The number of hydrogen-bond acceptors (Lipinski definition) is 1. The van der Waals surface area contributed by atoms with Crippen LogP contribution in [0.2, 0.25) is 0 Å². The number of benzene rings is 13. The first-order valence-electron chi connectivity index (χ1n) is 54.2. The average Bonchev–Trinajstić information content (AvgIpc) is 1.56. The van der Waals surface area contributed by atoms with Crippen molar-refractivity contribution in [3.8, 4) is 72.8 Å². The molecule has 8 unspecified atom stereocenters. The zero-order valence-corrected chi connectivity index (χ0v) is 87.3. The van der Waals surface area contributed by atoms with Crippen LogP contribution >= 0.6 is 0 Å². The molecule has 0 saturated heterocycles. The highest BCUT2D eigenvalue weighted by molar-refractivity contribution is 5.92. The average molecular weight is 1840 g/mol. The van der Waals surface area contributed by atoms with E-state index in [1.54, 1.807) is 22.3 Å². The molecule has 0 aliphatic heterocycles. The zero-order chi connectivity index (χ0) is 98.0. The Morgan fingerprint density at radius 2 is 0.443 bits per heavy atom. The highest BCUT2D eigenvalue weighted by Gasteiger charge is 2.50. The first kappa shape index (κ1) is 99.4. The van der Waals surface area contributed by atoms with Crippen molar-refractivity contribution in [3.05, 3.63) is 389 Å². The Bertz CT molecular complexity index is 6740. The summed E-state index contributed by atoms with van der Waals surface area (Å²) in [7, 11) is 0. The standard InChI is InChI=1S/C139H153N/c1-18-27-30-110-61-70-121-125-74-68-117(83-133(125)137(129(121)78-110,87-96(12)21-4)88-97(13)22-5)118-69-76-127-123-72-63-113(80-131(123)139(135(127)84-118,91-100(16)25-8)92-101(17)26-9)58-55-108-47-41-104(42-48-108)35-36-105-49-51-109(52-50-105)59-64-114-65-60-111(77-119(114)93-140)56-53-106-43-37-102(38-44-106)33-34-103-39-45-107(46-40-103)54-57-112-62-71-122-126-75-67-116(82-134(126)138(130(122)79-112,89-98(14)23-6)90-99(15)24-7)115-66-73-124-120-31-28-29-32-128(120)136(132(124)81-115,85-94(10)19-2)86-95(11)20-3/h28-29,31-84,94-101H,18-27,30,85-92H2,1-17H3/b34-33+,36-35+,56-53+,57-54+,58-55+,64-59+. The van der Waals surface area contributed by atoms with Crippen LogP contribution in [0.15, 0.2) is 267 Å². The van der Waals surface area contributed by atoms with E-state index in [1.165, 1.54) is 181 Å². The molecule has 4 aliphatic rings. The lowest BCUT2D eigenvalue weighted by atomic mass is 9.66. The van der Waals surface area contributed by atoms with E-state index in [0.717, 1.165) is 102 Å². The van der Waals surface area contributed by atoms with Gasteiger partial charge in [-0.15, -0.1) is 0 Å². The van der Waals surface area contributed by atoms with Gasteiger partial charge >= 0.3 is 0 Å². The van der Waals surface area contributed by atoms with Crippen molar-refractivity contribution >= 4 is 72.9 Å². The fourth-order valence-corrected chi connectivity index (χ4v) is 24.4. The normalized spacial score (nSPS) is 18.9. The van der Waals surface area contributed by atoms with Crippen LogP contribution in [0.5, 0.6) is 0 Å². The van der Waals surface area contributed by atoms with Crippen molar-refractivity contribution in [1.82, 2.24) is 0 Å². The maximum Gasteiger partial charge on any atom is 0.0998 e. The number of aryl methyl sites for hydroxylation is 1. The summed E-state index contributed by atoms with van der Waals surface area (Å²) >= 11 is 0. The lowest BCUT2D eigenvalue weighted by Gasteiger charge is -2.37. The third-order valence-electron chi connectivity index (χ3n) is 33.8. The van der Waals surface area contributed by atoms with E-state index < -0.39 is 0 Å². The molecule has 4 aliphatic carbocycles. The van der Waals surface area contributed by atoms with E-state index in [2.05, 4.69) is 451 Å². The van der Waals surface area contributed by atoms with Crippen LogP contribution in [0.25, 0.3) is 140 Å². The second-order valence-corrected chi connectivity index (χ2v) is 43.9. The number of unbranched alkanes of at least 4 members (excludes halogenated alkanes) is 1. The number of nitriles is 1. The number of rotatable bonds is 41. The highest BCUT2D eigenvalue weighted by atomic mass is 14.5. The SMILES string of the molecule is CCCCc1ccc2c(c1)C(CC(C)CC)(CC(C)CC)c1cc(-c3ccc4c(c3)C(CC(C)CC)(CC(C)CC)c3cc(/C=C/c5ccc(/C=C/c6ccc(/C=C/c7ccc(/C=C/c8ccc(/C=C/c9ccc(/C=C/c%10ccc%11c(c%10)C(CC(C)CC)(CC(C)CC)c%10cc(-c%12ccc%13c(c%12)C(CC(C)CC)(CC(C)CC)c%12ccccc%12-%13)ccc%10-%11)cc9)cc8)cc7C#N)cc6)cc5)ccc3-4)ccc1-2. The van der Waals surface area contributed by atoms with Crippen LogP contribution in [-0.2, 0) is 28.1 Å². The van der Waals surface area contributed by atoms with Crippen LogP contribution < -0.4 is 0 Å². The molecule has 0 radical (unpaired) electrons. The maximum atomic E-state index is 10.4. The van der Waals surface area contributed by atoms with Gasteiger partial charge in [0.1, 0.15) is 0 Å². The molecule has 0 fully saturated rings. The lowest BCUT2D eigenvalue weighted by Crippen LogP contribution is -2.30. The molecule has 1 heteroatoms. The van der Waals surface area contributed by atoms with Gasteiger partial charge in [-0.25, -0.2) is 0 Å². The molecule has 0 aromatic heterocycles. The Balaban J connectivity index is 0.518. The molecule has 0 heterocycles. The van der Waals surface area contributed by atoms with Crippen molar-refractivity contribution in [1.29, 1.82) is 5.26 Å². The van der Waals surface area contributed by atoms with Crippen LogP contribution in [0.4, 0.5) is 0 Å². The van der Waals surface area contributed by atoms with Gasteiger partial charge in [0.15, 0.2) is 0 Å². The smallest absolute Gasteiger partial charge is 0.0998 e. The van der Waals surface area contributed by atoms with E-state index in [1.807, 2.05) is 12.1 Å². The minimum atomic E-state index is -0.106. The lowest BCUT2D eigenvalue weighted by molar-refractivity contribution is 0.308. The van der Waals surface area contributed by atoms with Gasteiger partial charge < -0.3 is 0 Å². The zero-order valence-electron chi connectivity index (χ0n) is 87.3. The second kappa shape index (κ2) is 43.9. The molecule has 0 bridgehead atoms. The van der Waals surface area contributed by atoms with Crippen molar-refractivity contribution in [3.63, 3.8) is 0 Å². The Hall–Kier alpha value is -12.2. The molecule has 0 amide bonds. The van der Waals surface area contributed by atoms with E-state index in [-0.39, 0.29) is 21.7 Å². The van der Waals surface area contributed by atoms with Crippen LogP contribution in [0, 0.1) is 58.7 Å². The van der Waals surface area contributed by atoms with Crippen molar-refractivity contribution in [2.45, 2.75) is 261 Å². The van der Waals surface area contributed by atoms with E-state index in [4.69, 9.17) is 0 Å². The summed E-state index contributed by atoms with van der Waals surface area (Å²) in [5, 5.41) is 10.4. The minimum Gasteiger partial charge on any atom is -0.192 e. The van der Waals surface area contributed by atoms with Gasteiger partial charge in [-0.2, -0.15) is 5.26 Å². The summed E-state index contributed by atoms with van der Waals surface area (Å²) in [6.07, 6.45) is 48.6. The van der Waals surface area contributed by atoms with E-state index in [0.29, 0.717) is 52.9 Å². The van der Waals surface area contributed by atoms with Gasteiger partial charge in [-0.3, -0.25) is 0 Å². The minimum absolute atomic E-state index is 0.00188. The molecular weight excluding hydrogens is 1680 g/mol. The Labute approximate surface area is 843 Å². The summed E-state index contributed by atoms with van der Waals surface area (Å²) in [5.41, 5.74) is 44.5. The van der Waals surface area contributed by atoms with Gasteiger partial charge in [0.2, 0.25) is 0 Å². The fraction of sp³-hybridized carbons (Fsp3) is 0.345. The molecule has 0 spiro atoms. The molecule has 8 atom stereocenters. The first-order valence-corrected chi connectivity index (χ1v) is 54.2. The molecule has 13 aromatic carbocycles. The largest absolute Gasteiger partial charge is 0.192 e. The molecule has 1 nitrogen and oxygen atoms in total. The monoisotopic (exact) mass is 1840 g/mol. The Kier molecular flexibility index (Phi) is 31.2. The summed E-state index contributed by atoms with van der Waals surface area (Å²) < 4.78 is 0. The van der Waals surface area contributed by atoms with Gasteiger partial charge in [0, 0.05) is 21.7 Å². The quantitative estimate of drug-likeness (QED) is 0.0350. The van der Waals surface area contributed by atoms with Crippen LogP contribution in [0.3, 0.4) is 0 Å². The van der Waals surface area contributed by atoms with Crippen molar-refractivity contribution < 1.29 is 0 Å². The van der Waals surface area contributed by atoms with E-state index in [9.17, 15) is 5.26 Å². The molecular formula is C139H153N. The summed E-state index contributed by atoms with van der Waals surface area (Å²) in [4.78, 5) is 0. The third-order valence-corrected chi connectivity index (χ3v) is 33.8. The topological polar surface area (TPSA) is 23.8 Å². The highest BCUT2D eigenvalue weighted by Crippen LogP contribution is 2.63. The van der Waals surface area contributed by atoms with E-state index >= 15 is 0 Å².